The van der Waals surface area contributed by atoms with Crippen LogP contribution in [0.4, 0.5) is 11.5 Å². The first-order valence-electron chi connectivity index (χ1n) is 6.93. The zero-order valence-electron chi connectivity index (χ0n) is 12.0. The van der Waals surface area contributed by atoms with E-state index in [1.807, 2.05) is 13.8 Å². The Morgan fingerprint density at radius 2 is 2.11 bits per heavy atom. The van der Waals surface area contributed by atoms with Gasteiger partial charge in [-0.05, 0) is 26.3 Å². The molecule has 1 atom stereocenters. The summed E-state index contributed by atoms with van der Waals surface area (Å²) in [4.78, 5) is 14.8. The molecule has 1 heterocycles. The molecule has 19 heavy (non-hydrogen) atoms. The van der Waals surface area contributed by atoms with Crippen molar-refractivity contribution in [3.8, 4) is 0 Å². The van der Waals surface area contributed by atoms with Crippen LogP contribution in [0.1, 0.15) is 51.6 Å². The number of rotatable bonds is 8. The zero-order chi connectivity index (χ0) is 14.3. The van der Waals surface area contributed by atoms with Crippen LogP contribution in [0.5, 0.6) is 0 Å². The molecule has 1 aromatic rings. The van der Waals surface area contributed by atoms with Gasteiger partial charge in [-0.2, -0.15) is 0 Å². The van der Waals surface area contributed by atoms with Crippen molar-refractivity contribution in [3.63, 3.8) is 0 Å². The first-order valence-corrected chi connectivity index (χ1v) is 6.93. The van der Waals surface area contributed by atoms with Crippen LogP contribution in [-0.2, 0) is 0 Å². The highest BCUT2D eigenvalue weighted by Gasteiger charge is 2.16. The summed E-state index contributed by atoms with van der Waals surface area (Å²) in [5.74, 6) is 0.382. The van der Waals surface area contributed by atoms with E-state index < -0.39 is 4.92 Å². The maximum absolute atomic E-state index is 10.9. The van der Waals surface area contributed by atoms with E-state index in [0.29, 0.717) is 5.82 Å². The van der Waals surface area contributed by atoms with Crippen molar-refractivity contribution in [2.45, 2.75) is 58.9 Å². The van der Waals surface area contributed by atoms with Crippen LogP contribution in [0.25, 0.3) is 0 Å². The fourth-order valence-corrected chi connectivity index (χ4v) is 1.99. The van der Waals surface area contributed by atoms with Gasteiger partial charge in [0.1, 0.15) is 0 Å². The Bertz CT molecular complexity index is 421. The highest BCUT2D eigenvalue weighted by atomic mass is 16.6. The third-order valence-corrected chi connectivity index (χ3v) is 3.08. The Balaban J connectivity index is 2.60. The summed E-state index contributed by atoms with van der Waals surface area (Å²) in [5.41, 5.74) is 0.831. The van der Waals surface area contributed by atoms with E-state index in [4.69, 9.17) is 0 Å². The summed E-state index contributed by atoms with van der Waals surface area (Å²) in [6, 6.07) is 3.37. The minimum atomic E-state index is -0.390. The maximum atomic E-state index is 10.9. The Kier molecular flexibility index (Phi) is 6.25. The molecule has 0 bridgehead atoms. The van der Waals surface area contributed by atoms with Crippen LogP contribution in [0.3, 0.4) is 0 Å². The quantitative estimate of drug-likeness (QED) is 0.437. The lowest BCUT2D eigenvalue weighted by Gasteiger charge is -2.14. The largest absolute Gasteiger partial charge is 0.362 e. The van der Waals surface area contributed by atoms with Crippen LogP contribution in [-0.4, -0.2) is 15.9 Å². The molecule has 1 rings (SSSR count). The van der Waals surface area contributed by atoms with Crippen molar-refractivity contribution in [2.24, 2.45) is 0 Å². The number of hydrogen-bond donors (Lipinski definition) is 1. The van der Waals surface area contributed by atoms with Crippen molar-refractivity contribution in [1.82, 2.24) is 4.98 Å². The second-order valence-electron chi connectivity index (χ2n) is 4.97. The van der Waals surface area contributed by atoms with Crippen LogP contribution in [0, 0.1) is 17.0 Å². The fraction of sp³-hybridized carbons (Fsp3) is 0.643. The Morgan fingerprint density at radius 1 is 1.37 bits per heavy atom. The van der Waals surface area contributed by atoms with E-state index in [9.17, 15) is 10.1 Å². The standard InChI is InChI=1S/C14H23N3O2/c1-4-5-6-7-8-11(2)15-14-13(17(18)19)10-9-12(3)16-14/h9-11H,4-8H2,1-3H3,(H,15,16). The lowest BCUT2D eigenvalue weighted by Crippen LogP contribution is -2.17. The molecule has 5 nitrogen and oxygen atoms in total. The molecule has 106 valence electrons. The fourth-order valence-electron chi connectivity index (χ4n) is 1.99. The summed E-state index contributed by atoms with van der Waals surface area (Å²) in [7, 11) is 0. The molecule has 0 aromatic carbocycles. The lowest BCUT2D eigenvalue weighted by molar-refractivity contribution is -0.384. The van der Waals surface area contributed by atoms with E-state index in [2.05, 4.69) is 17.2 Å². The lowest BCUT2D eigenvalue weighted by atomic mass is 10.1. The smallest absolute Gasteiger partial charge is 0.311 e. The van der Waals surface area contributed by atoms with Gasteiger partial charge in [-0.1, -0.05) is 32.6 Å². The summed E-state index contributed by atoms with van der Waals surface area (Å²) in [6.07, 6.45) is 5.82. The molecule has 0 saturated carbocycles. The summed E-state index contributed by atoms with van der Waals surface area (Å²) < 4.78 is 0. The number of aryl methyl sites for hydroxylation is 1. The average Bonchev–Trinajstić information content (AvgIpc) is 2.34. The highest BCUT2D eigenvalue weighted by molar-refractivity contribution is 5.56. The number of nitro groups is 1. The maximum Gasteiger partial charge on any atom is 0.311 e. The minimum Gasteiger partial charge on any atom is -0.362 e. The third-order valence-electron chi connectivity index (χ3n) is 3.08. The normalized spacial score (nSPS) is 12.2. The second kappa shape index (κ2) is 7.71. The van der Waals surface area contributed by atoms with Gasteiger partial charge in [-0.15, -0.1) is 0 Å². The van der Waals surface area contributed by atoms with E-state index in [1.165, 1.54) is 25.3 Å². The topological polar surface area (TPSA) is 68.1 Å². The van der Waals surface area contributed by atoms with E-state index in [1.54, 1.807) is 6.07 Å². The summed E-state index contributed by atoms with van der Waals surface area (Å²) in [6.45, 7) is 6.06. The molecular weight excluding hydrogens is 242 g/mol. The van der Waals surface area contributed by atoms with Gasteiger partial charge in [-0.3, -0.25) is 10.1 Å². The number of anilines is 1. The monoisotopic (exact) mass is 265 g/mol. The molecule has 0 spiro atoms. The van der Waals surface area contributed by atoms with Crippen molar-refractivity contribution in [1.29, 1.82) is 0 Å². The molecule has 1 unspecified atom stereocenters. The van der Waals surface area contributed by atoms with E-state index in [-0.39, 0.29) is 11.7 Å². The van der Waals surface area contributed by atoms with Gasteiger partial charge in [0.05, 0.1) is 4.92 Å². The van der Waals surface area contributed by atoms with Gasteiger partial charge in [-0.25, -0.2) is 4.98 Å². The second-order valence-corrected chi connectivity index (χ2v) is 4.97. The van der Waals surface area contributed by atoms with Crippen LogP contribution in [0.15, 0.2) is 12.1 Å². The molecule has 0 fully saturated rings. The molecule has 1 aromatic heterocycles. The number of nitrogens with one attached hydrogen (secondary N) is 1. The average molecular weight is 265 g/mol. The molecule has 0 aliphatic rings. The van der Waals surface area contributed by atoms with Gasteiger partial charge in [0.2, 0.25) is 5.82 Å². The van der Waals surface area contributed by atoms with Crippen LogP contribution in [0.2, 0.25) is 0 Å². The molecule has 0 saturated heterocycles. The van der Waals surface area contributed by atoms with Crippen molar-refractivity contribution in [3.05, 3.63) is 27.9 Å². The molecule has 1 N–H and O–H groups in total. The number of aromatic nitrogens is 1. The molecule has 0 amide bonds. The van der Waals surface area contributed by atoms with Gasteiger partial charge in [0.25, 0.3) is 0 Å². The summed E-state index contributed by atoms with van der Waals surface area (Å²) >= 11 is 0. The van der Waals surface area contributed by atoms with E-state index >= 15 is 0 Å². The minimum absolute atomic E-state index is 0.0472. The Morgan fingerprint density at radius 3 is 2.74 bits per heavy atom. The van der Waals surface area contributed by atoms with Crippen molar-refractivity contribution < 1.29 is 4.92 Å². The third kappa shape index (κ3) is 5.24. The Labute approximate surface area is 114 Å². The van der Waals surface area contributed by atoms with Gasteiger partial charge in [0, 0.05) is 17.8 Å². The number of nitrogens with zero attached hydrogens (tertiary/aromatic N) is 2. The van der Waals surface area contributed by atoms with Crippen LogP contribution >= 0.6 is 0 Å². The molecule has 0 aliphatic heterocycles. The first kappa shape index (κ1) is 15.4. The number of hydrogen-bond acceptors (Lipinski definition) is 4. The predicted octanol–water partition coefficient (Wildman–Crippen LogP) is 4.07. The summed E-state index contributed by atoms with van der Waals surface area (Å²) in [5, 5.41) is 14.1. The van der Waals surface area contributed by atoms with Gasteiger partial charge >= 0.3 is 5.69 Å². The highest BCUT2D eigenvalue weighted by Crippen LogP contribution is 2.23. The van der Waals surface area contributed by atoms with E-state index in [0.717, 1.165) is 18.5 Å². The van der Waals surface area contributed by atoms with Crippen molar-refractivity contribution in [2.75, 3.05) is 5.32 Å². The van der Waals surface area contributed by atoms with Gasteiger partial charge < -0.3 is 5.32 Å². The SMILES string of the molecule is CCCCCCC(C)Nc1nc(C)ccc1[N+](=O)[O-]. The number of unbranched alkanes of at least 4 members (excludes halogenated alkanes) is 3. The van der Waals surface area contributed by atoms with Crippen LogP contribution < -0.4 is 5.32 Å². The number of pyridine rings is 1. The Hall–Kier alpha value is -1.65. The molecule has 0 radical (unpaired) electrons. The first-order chi connectivity index (χ1) is 9.04. The molecule has 0 aliphatic carbocycles. The molecule has 5 heteroatoms. The molecular formula is C14H23N3O2. The zero-order valence-corrected chi connectivity index (χ0v) is 12.0. The predicted molar refractivity (Wildman–Crippen MR) is 77.5 cm³/mol. The van der Waals surface area contributed by atoms with Crippen molar-refractivity contribution >= 4 is 11.5 Å². The van der Waals surface area contributed by atoms with Gasteiger partial charge in [0.15, 0.2) is 0 Å².